The zero-order chi connectivity index (χ0) is 16.3. The van der Waals surface area contributed by atoms with Crippen LogP contribution in [0.3, 0.4) is 0 Å². The molecule has 0 bridgehead atoms. The molecule has 1 aromatic heterocycles. The lowest BCUT2D eigenvalue weighted by atomic mass is 10.1. The second kappa shape index (κ2) is 6.37. The van der Waals surface area contributed by atoms with Gasteiger partial charge in [-0.25, -0.2) is 0 Å². The molecule has 0 saturated carbocycles. The Balaban J connectivity index is 1.84. The van der Waals surface area contributed by atoms with Crippen LogP contribution in [0.5, 0.6) is 0 Å². The summed E-state index contributed by atoms with van der Waals surface area (Å²) < 4.78 is 38.6. The van der Waals surface area contributed by atoms with Gasteiger partial charge in [-0.05, 0) is 13.0 Å². The fourth-order valence-corrected chi connectivity index (χ4v) is 2.41. The second-order valence-corrected chi connectivity index (χ2v) is 5.43. The third-order valence-electron chi connectivity index (χ3n) is 3.36. The average molecular weight is 318 g/mol. The number of carbonyl (C=O) groups is 2. The molecule has 1 aromatic rings. The van der Waals surface area contributed by atoms with E-state index in [4.69, 9.17) is 0 Å². The Hall–Kier alpha value is -2.06. The van der Waals surface area contributed by atoms with Crippen molar-refractivity contribution >= 4 is 11.8 Å². The third kappa shape index (κ3) is 4.47. The van der Waals surface area contributed by atoms with Crippen molar-refractivity contribution < 1.29 is 22.8 Å². The summed E-state index contributed by atoms with van der Waals surface area (Å²) in [7, 11) is 0. The molecule has 1 fully saturated rings. The van der Waals surface area contributed by atoms with Gasteiger partial charge < -0.3 is 10.2 Å². The number of hydrogen-bond donors (Lipinski definition) is 1. The number of nitrogens with one attached hydrogen (secondary N) is 1. The monoisotopic (exact) mass is 318 g/mol. The van der Waals surface area contributed by atoms with Gasteiger partial charge in [0.2, 0.25) is 11.8 Å². The Kier molecular flexibility index (Phi) is 4.72. The van der Waals surface area contributed by atoms with E-state index in [9.17, 15) is 22.8 Å². The van der Waals surface area contributed by atoms with Gasteiger partial charge in [0.1, 0.15) is 6.54 Å². The van der Waals surface area contributed by atoms with Gasteiger partial charge in [0, 0.05) is 31.4 Å². The lowest BCUT2D eigenvalue weighted by Gasteiger charge is -2.19. The van der Waals surface area contributed by atoms with Crippen LogP contribution in [-0.2, 0) is 16.1 Å². The first-order chi connectivity index (χ1) is 10.2. The summed E-state index contributed by atoms with van der Waals surface area (Å²) >= 11 is 0. The van der Waals surface area contributed by atoms with Crippen molar-refractivity contribution in [1.82, 2.24) is 20.0 Å². The highest BCUT2D eigenvalue weighted by molar-refractivity contribution is 5.89. The van der Waals surface area contributed by atoms with Crippen molar-refractivity contribution in [2.75, 3.05) is 13.1 Å². The molecule has 1 aliphatic rings. The summed E-state index contributed by atoms with van der Waals surface area (Å²) in [5, 5.41) is 6.71. The maximum atomic E-state index is 12.3. The van der Waals surface area contributed by atoms with E-state index in [2.05, 4.69) is 10.4 Å². The first-order valence-corrected chi connectivity index (χ1v) is 6.87. The summed E-state index contributed by atoms with van der Waals surface area (Å²) in [6, 6.07) is 1.51. The molecule has 2 heterocycles. The van der Waals surface area contributed by atoms with Crippen LogP contribution in [0.2, 0.25) is 0 Å². The summed E-state index contributed by atoms with van der Waals surface area (Å²) in [4.78, 5) is 24.3. The molecule has 6 nitrogen and oxygen atoms in total. The number of halogens is 3. The highest BCUT2D eigenvalue weighted by atomic mass is 19.4. The number of alkyl halides is 3. The summed E-state index contributed by atoms with van der Waals surface area (Å²) in [5.41, 5.74) is 0. The zero-order valence-corrected chi connectivity index (χ0v) is 12.0. The zero-order valence-electron chi connectivity index (χ0n) is 12.0. The molecular formula is C13H17F3N4O2. The number of hydrogen-bond acceptors (Lipinski definition) is 3. The SMILES string of the molecule is CC(Cn1cccn1)NC(=O)C1CC(=O)N(CC(F)(F)F)C1. The van der Waals surface area contributed by atoms with Gasteiger partial charge >= 0.3 is 6.18 Å². The fraction of sp³-hybridized carbons (Fsp3) is 0.615. The van der Waals surface area contributed by atoms with Crippen LogP contribution in [0.25, 0.3) is 0 Å². The Morgan fingerprint density at radius 3 is 2.86 bits per heavy atom. The van der Waals surface area contributed by atoms with Crippen molar-refractivity contribution in [3.8, 4) is 0 Å². The minimum absolute atomic E-state index is 0.184. The number of amides is 2. The molecule has 1 N–H and O–H groups in total. The molecule has 0 spiro atoms. The number of nitrogens with zero attached hydrogens (tertiary/aromatic N) is 3. The van der Waals surface area contributed by atoms with Crippen LogP contribution in [0.4, 0.5) is 13.2 Å². The molecule has 2 amide bonds. The molecule has 122 valence electrons. The molecule has 0 aliphatic carbocycles. The highest BCUT2D eigenvalue weighted by Crippen LogP contribution is 2.24. The van der Waals surface area contributed by atoms with Crippen LogP contribution in [-0.4, -0.2) is 51.8 Å². The van der Waals surface area contributed by atoms with Gasteiger partial charge in [-0.2, -0.15) is 18.3 Å². The number of carbonyl (C=O) groups excluding carboxylic acids is 2. The lowest BCUT2D eigenvalue weighted by molar-refractivity contribution is -0.157. The van der Waals surface area contributed by atoms with E-state index in [-0.39, 0.29) is 19.0 Å². The average Bonchev–Trinajstić information content (AvgIpc) is 2.98. The molecule has 9 heteroatoms. The van der Waals surface area contributed by atoms with Gasteiger partial charge in [-0.1, -0.05) is 0 Å². The van der Waals surface area contributed by atoms with Crippen LogP contribution < -0.4 is 5.32 Å². The summed E-state index contributed by atoms with van der Waals surface area (Å²) in [6.45, 7) is 0.715. The van der Waals surface area contributed by atoms with Gasteiger partial charge in [-0.15, -0.1) is 0 Å². The van der Waals surface area contributed by atoms with E-state index in [0.29, 0.717) is 11.4 Å². The molecular weight excluding hydrogens is 301 g/mol. The maximum absolute atomic E-state index is 12.3. The van der Waals surface area contributed by atoms with Crippen LogP contribution in [0.15, 0.2) is 18.5 Å². The fourth-order valence-electron chi connectivity index (χ4n) is 2.41. The number of rotatable bonds is 5. The number of aromatic nitrogens is 2. The first-order valence-electron chi connectivity index (χ1n) is 6.87. The number of likely N-dealkylation sites (tertiary alicyclic amines) is 1. The van der Waals surface area contributed by atoms with Crippen molar-refractivity contribution in [3.05, 3.63) is 18.5 Å². The quantitative estimate of drug-likeness (QED) is 0.873. The normalized spacial score (nSPS) is 20.3. The largest absolute Gasteiger partial charge is 0.406 e. The first kappa shape index (κ1) is 16.3. The van der Waals surface area contributed by atoms with E-state index in [1.165, 1.54) is 0 Å². The molecule has 22 heavy (non-hydrogen) atoms. The van der Waals surface area contributed by atoms with Crippen molar-refractivity contribution in [2.45, 2.75) is 32.1 Å². The third-order valence-corrected chi connectivity index (χ3v) is 3.36. The van der Waals surface area contributed by atoms with E-state index in [1.54, 1.807) is 30.1 Å². The van der Waals surface area contributed by atoms with Gasteiger partial charge in [0.05, 0.1) is 12.5 Å². The van der Waals surface area contributed by atoms with Crippen molar-refractivity contribution in [3.63, 3.8) is 0 Å². The Morgan fingerprint density at radius 2 is 2.27 bits per heavy atom. The molecule has 0 radical (unpaired) electrons. The van der Waals surface area contributed by atoms with E-state index >= 15 is 0 Å². The molecule has 1 aliphatic heterocycles. The van der Waals surface area contributed by atoms with Crippen LogP contribution in [0.1, 0.15) is 13.3 Å². The highest BCUT2D eigenvalue weighted by Gasteiger charge is 2.40. The molecule has 0 aromatic carbocycles. The Bertz CT molecular complexity index is 530. The molecule has 2 rings (SSSR count). The Labute approximate surface area is 125 Å². The van der Waals surface area contributed by atoms with Gasteiger partial charge in [0.25, 0.3) is 0 Å². The maximum Gasteiger partial charge on any atom is 0.406 e. The topological polar surface area (TPSA) is 67.2 Å². The minimum Gasteiger partial charge on any atom is -0.351 e. The van der Waals surface area contributed by atoms with E-state index in [1.807, 2.05) is 0 Å². The standard InChI is InChI=1S/C13H17F3N4O2/c1-9(6-20-4-2-3-17-20)18-12(22)10-5-11(21)19(7-10)8-13(14,15)16/h2-4,9-10H,5-8H2,1H3,(H,18,22). The van der Waals surface area contributed by atoms with Gasteiger partial charge in [-0.3, -0.25) is 14.3 Å². The molecule has 2 atom stereocenters. The molecule has 1 saturated heterocycles. The van der Waals surface area contributed by atoms with Gasteiger partial charge in [0.15, 0.2) is 0 Å². The lowest BCUT2D eigenvalue weighted by Crippen LogP contribution is -2.41. The van der Waals surface area contributed by atoms with E-state index < -0.39 is 30.5 Å². The molecule has 2 unspecified atom stereocenters. The smallest absolute Gasteiger partial charge is 0.351 e. The van der Waals surface area contributed by atoms with Crippen LogP contribution in [0, 0.1) is 5.92 Å². The van der Waals surface area contributed by atoms with Crippen LogP contribution >= 0.6 is 0 Å². The predicted octanol–water partition coefficient (Wildman–Crippen LogP) is 0.799. The van der Waals surface area contributed by atoms with E-state index in [0.717, 1.165) is 0 Å². The predicted molar refractivity (Wildman–Crippen MR) is 70.6 cm³/mol. The summed E-state index contributed by atoms with van der Waals surface area (Å²) in [6.07, 6.45) is -1.28. The second-order valence-electron chi connectivity index (χ2n) is 5.43. The minimum atomic E-state index is -4.45. The summed E-state index contributed by atoms with van der Waals surface area (Å²) in [5.74, 6) is -1.79. The Morgan fingerprint density at radius 1 is 1.55 bits per heavy atom. The van der Waals surface area contributed by atoms with Crippen molar-refractivity contribution in [1.29, 1.82) is 0 Å². The van der Waals surface area contributed by atoms with Crippen molar-refractivity contribution in [2.24, 2.45) is 5.92 Å².